The topological polar surface area (TPSA) is 109 Å². The van der Waals surface area contributed by atoms with Gasteiger partial charge in [-0.05, 0) is 0 Å². The van der Waals surface area contributed by atoms with Gasteiger partial charge in [0.1, 0.15) is 0 Å². The zero-order chi connectivity index (χ0) is 17.6. The molecule has 23 heavy (non-hydrogen) atoms. The number of hydrogen-bond acceptors (Lipinski definition) is 6. The Kier molecular flexibility index (Phi) is 6.49. The molecule has 1 aromatic rings. The average molecular weight is 338 g/mol. The number of carbonyl (C=O) groups excluding carboxylic acids is 1. The summed E-state index contributed by atoms with van der Waals surface area (Å²) in [5.74, 6) is -0.958. The first kappa shape index (κ1) is 18.9. The van der Waals surface area contributed by atoms with Gasteiger partial charge >= 0.3 is 12.1 Å². The normalized spacial score (nSPS) is 14.5. The van der Waals surface area contributed by atoms with Crippen LogP contribution in [0.1, 0.15) is 24.6 Å². The van der Waals surface area contributed by atoms with E-state index in [1.54, 1.807) is 18.9 Å². The SMILES string of the molecule is CC(=O)N(C)CCc1noc(C2CNC2)n1.O=C(O)C(F)(F)F. The van der Waals surface area contributed by atoms with E-state index in [4.69, 9.17) is 14.4 Å². The van der Waals surface area contributed by atoms with E-state index in [0.717, 1.165) is 13.1 Å². The Labute approximate surface area is 129 Å². The van der Waals surface area contributed by atoms with E-state index in [-0.39, 0.29) is 5.91 Å². The Morgan fingerprint density at radius 1 is 1.43 bits per heavy atom. The van der Waals surface area contributed by atoms with Crippen molar-refractivity contribution in [3.63, 3.8) is 0 Å². The van der Waals surface area contributed by atoms with Crippen molar-refractivity contribution in [1.29, 1.82) is 0 Å². The minimum atomic E-state index is -5.08. The van der Waals surface area contributed by atoms with Gasteiger partial charge < -0.3 is 19.8 Å². The van der Waals surface area contributed by atoms with Crippen LogP contribution >= 0.6 is 0 Å². The molecule has 1 aliphatic heterocycles. The summed E-state index contributed by atoms with van der Waals surface area (Å²) in [6, 6.07) is 0. The highest BCUT2D eigenvalue weighted by Gasteiger charge is 2.38. The number of rotatable bonds is 4. The number of amides is 1. The minimum Gasteiger partial charge on any atom is -0.475 e. The summed E-state index contributed by atoms with van der Waals surface area (Å²) in [6.45, 7) is 3.99. The van der Waals surface area contributed by atoms with E-state index < -0.39 is 12.1 Å². The highest BCUT2D eigenvalue weighted by atomic mass is 19.4. The maximum absolute atomic E-state index is 11.0. The first-order valence-corrected chi connectivity index (χ1v) is 6.66. The fourth-order valence-electron chi connectivity index (χ4n) is 1.42. The molecule has 0 aliphatic carbocycles. The Morgan fingerprint density at radius 3 is 2.39 bits per heavy atom. The van der Waals surface area contributed by atoms with Crippen LogP contribution in [0.2, 0.25) is 0 Å². The quantitative estimate of drug-likeness (QED) is 0.818. The summed E-state index contributed by atoms with van der Waals surface area (Å²) < 4.78 is 36.9. The van der Waals surface area contributed by atoms with E-state index >= 15 is 0 Å². The number of aliphatic carboxylic acids is 1. The largest absolute Gasteiger partial charge is 0.490 e. The molecule has 1 aromatic heterocycles. The third-order valence-corrected chi connectivity index (χ3v) is 3.07. The zero-order valence-corrected chi connectivity index (χ0v) is 12.6. The molecule has 2 heterocycles. The first-order chi connectivity index (χ1) is 10.6. The van der Waals surface area contributed by atoms with Crippen molar-refractivity contribution in [2.24, 2.45) is 0 Å². The van der Waals surface area contributed by atoms with Gasteiger partial charge in [-0.15, -0.1) is 0 Å². The summed E-state index contributed by atoms with van der Waals surface area (Å²) in [5.41, 5.74) is 0. The lowest BCUT2D eigenvalue weighted by Crippen LogP contribution is -2.40. The maximum Gasteiger partial charge on any atom is 0.490 e. The molecule has 0 aromatic carbocycles. The van der Waals surface area contributed by atoms with Crippen molar-refractivity contribution < 1.29 is 32.4 Å². The number of likely N-dealkylation sites (N-methyl/N-ethyl adjacent to an activating group) is 1. The number of carboxylic acids is 1. The molecule has 0 radical (unpaired) electrons. The first-order valence-electron chi connectivity index (χ1n) is 6.66. The van der Waals surface area contributed by atoms with Crippen molar-refractivity contribution in [1.82, 2.24) is 20.4 Å². The summed E-state index contributed by atoms with van der Waals surface area (Å²) in [5, 5.41) is 14.2. The lowest BCUT2D eigenvalue weighted by atomic mass is 10.0. The number of hydrogen-bond donors (Lipinski definition) is 2. The second kappa shape index (κ2) is 7.90. The smallest absolute Gasteiger partial charge is 0.475 e. The summed E-state index contributed by atoms with van der Waals surface area (Å²) in [7, 11) is 1.76. The van der Waals surface area contributed by atoms with E-state index in [1.807, 2.05) is 0 Å². The predicted octanol–water partition coefficient (Wildman–Crippen LogP) is 0.410. The van der Waals surface area contributed by atoms with Gasteiger partial charge in [0.15, 0.2) is 5.82 Å². The molecule has 0 unspecified atom stereocenters. The maximum atomic E-state index is 11.0. The standard InChI is InChI=1S/C10H16N4O2.C2HF3O2/c1-7(15)14(2)4-3-9-12-10(16-13-9)8-5-11-6-8;3-2(4,5)1(6)7/h8,11H,3-6H2,1-2H3;(H,6,7). The van der Waals surface area contributed by atoms with Crippen molar-refractivity contribution in [3.05, 3.63) is 11.7 Å². The van der Waals surface area contributed by atoms with Crippen LogP contribution < -0.4 is 5.32 Å². The molecular weight excluding hydrogens is 321 g/mol. The molecule has 11 heteroatoms. The second-order valence-electron chi connectivity index (χ2n) is 4.90. The highest BCUT2D eigenvalue weighted by molar-refractivity contribution is 5.73. The Morgan fingerprint density at radius 2 is 2.00 bits per heavy atom. The van der Waals surface area contributed by atoms with Gasteiger partial charge in [0.25, 0.3) is 0 Å². The number of carboxylic acid groups (broad SMARTS) is 1. The van der Waals surface area contributed by atoms with Gasteiger partial charge in [-0.2, -0.15) is 18.2 Å². The van der Waals surface area contributed by atoms with Gasteiger partial charge in [0, 0.05) is 40.0 Å². The van der Waals surface area contributed by atoms with Gasteiger partial charge in [-0.1, -0.05) is 5.16 Å². The number of aromatic nitrogens is 2. The van der Waals surface area contributed by atoms with Crippen LogP contribution in [0.5, 0.6) is 0 Å². The molecule has 1 saturated heterocycles. The molecular formula is C12H17F3N4O4. The van der Waals surface area contributed by atoms with Gasteiger partial charge in [0.2, 0.25) is 11.8 Å². The molecule has 0 bridgehead atoms. The zero-order valence-electron chi connectivity index (χ0n) is 12.6. The molecule has 1 aliphatic rings. The molecule has 2 N–H and O–H groups in total. The van der Waals surface area contributed by atoms with Crippen LogP contribution in [-0.4, -0.2) is 64.9 Å². The number of nitrogens with zero attached hydrogens (tertiary/aromatic N) is 3. The van der Waals surface area contributed by atoms with Crippen molar-refractivity contribution >= 4 is 11.9 Å². The predicted molar refractivity (Wildman–Crippen MR) is 70.6 cm³/mol. The van der Waals surface area contributed by atoms with E-state index in [0.29, 0.717) is 30.6 Å². The Hall–Kier alpha value is -2.17. The molecule has 2 rings (SSSR count). The van der Waals surface area contributed by atoms with E-state index in [2.05, 4.69) is 15.5 Å². The average Bonchev–Trinajstić information content (AvgIpc) is 2.81. The van der Waals surface area contributed by atoms with Crippen LogP contribution in [0.25, 0.3) is 0 Å². The summed E-state index contributed by atoms with van der Waals surface area (Å²) in [6.07, 6.45) is -4.44. The molecule has 130 valence electrons. The molecule has 8 nitrogen and oxygen atoms in total. The number of halogens is 3. The lowest BCUT2D eigenvalue weighted by molar-refractivity contribution is -0.192. The van der Waals surface area contributed by atoms with E-state index in [9.17, 15) is 18.0 Å². The summed E-state index contributed by atoms with van der Waals surface area (Å²) in [4.78, 5) is 25.8. The van der Waals surface area contributed by atoms with Crippen molar-refractivity contribution in [3.8, 4) is 0 Å². The second-order valence-corrected chi connectivity index (χ2v) is 4.90. The van der Waals surface area contributed by atoms with Crippen LogP contribution in [0.3, 0.4) is 0 Å². The lowest BCUT2D eigenvalue weighted by Gasteiger charge is -2.22. The Balaban J connectivity index is 0.000000322. The van der Waals surface area contributed by atoms with Gasteiger partial charge in [-0.3, -0.25) is 4.79 Å². The van der Waals surface area contributed by atoms with Gasteiger partial charge in [0.05, 0.1) is 5.92 Å². The third kappa shape index (κ3) is 6.22. The fourth-order valence-corrected chi connectivity index (χ4v) is 1.42. The number of alkyl halides is 3. The van der Waals surface area contributed by atoms with Crippen molar-refractivity contribution in [2.45, 2.75) is 25.4 Å². The minimum absolute atomic E-state index is 0.0481. The number of nitrogens with one attached hydrogen (secondary N) is 1. The van der Waals surface area contributed by atoms with Gasteiger partial charge in [-0.25, -0.2) is 4.79 Å². The monoisotopic (exact) mass is 338 g/mol. The molecule has 0 spiro atoms. The molecule has 0 atom stereocenters. The highest BCUT2D eigenvalue weighted by Crippen LogP contribution is 2.17. The number of carbonyl (C=O) groups is 2. The van der Waals surface area contributed by atoms with E-state index in [1.165, 1.54) is 0 Å². The molecule has 0 saturated carbocycles. The molecule has 1 fully saturated rings. The van der Waals surface area contributed by atoms with Crippen LogP contribution in [-0.2, 0) is 16.0 Å². The fraction of sp³-hybridized carbons (Fsp3) is 0.667. The molecule has 1 amide bonds. The summed E-state index contributed by atoms with van der Waals surface area (Å²) >= 11 is 0. The van der Waals surface area contributed by atoms with Crippen LogP contribution in [0.4, 0.5) is 13.2 Å². The van der Waals surface area contributed by atoms with Crippen LogP contribution in [0, 0.1) is 0 Å². The van der Waals surface area contributed by atoms with Crippen LogP contribution in [0.15, 0.2) is 4.52 Å². The third-order valence-electron chi connectivity index (χ3n) is 3.07. The Bertz CT molecular complexity index is 543. The van der Waals surface area contributed by atoms with Crippen molar-refractivity contribution in [2.75, 3.05) is 26.7 Å².